The zero-order valence-electron chi connectivity index (χ0n) is 15.7. The maximum Gasteiger partial charge on any atom is 0.310 e. The predicted molar refractivity (Wildman–Crippen MR) is 101 cm³/mol. The number of ether oxygens (including phenoxy) is 2. The minimum Gasteiger partial charge on any atom is -0.484 e. The number of nitrogens with zero attached hydrogens (tertiary/aromatic N) is 1. The molecule has 3 atom stereocenters. The van der Waals surface area contributed by atoms with Gasteiger partial charge in [-0.25, -0.2) is 0 Å². The minimum atomic E-state index is -0.367. The van der Waals surface area contributed by atoms with Gasteiger partial charge in [-0.15, -0.1) is 0 Å². The van der Waals surface area contributed by atoms with Gasteiger partial charge in [0.05, 0.1) is 13.0 Å². The topological polar surface area (TPSA) is 55.8 Å². The molecule has 1 amide bonds. The molecular weight excluding hydrogens is 354 g/mol. The molecule has 1 saturated carbocycles. The summed E-state index contributed by atoms with van der Waals surface area (Å²) in [6.07, 6.45) is 4.35. The molecule has 3 unspecified atom stereocenters. The number of carbonyl (C=O) groups is 2. The Balaban J connectivity index is 2.06. The van der Waals surface area contributed by atoms with Crippen molar-refractivity contribution >= 4 is 23.5 Å². The summed E-state index contributed by atoms with van der Waals surface area (Å²) in [7, 11) is 1.37. The molecule has 144 valence electrons. The van der Waals surface area contributed by atoms with Crippen LogP contribution < -0.4 is 4.74 Å². The Morgan fingerprint density at radius 2 is 1.88 bits per heavy atom. The van der Waals surface area contributed by atoms with Crippen molar-refractivity contribution < 1.29 is 19.1 Å². The monoisotopic (exact) mass is 381 g/mol. The summed E-state index contributed by atoms with van der Waals surface area (Å²) >= 11 is 5.87. The van der Waals surface area contributed by atoms with Gasteiger partial charge in [0.1, 0.15) is 5.75 Å². The zero-order valence-corrected chi connectivity index (χ0v) is 16.5. The molecule has 0 radical (unpaired) electrons. The molecule has 0 heterocycles. The summed E-state index contributed by atoms with van der Waals surface area (Å²) in [5.74, 6) is 0.237. The number of esters is 1. The Morgan fingerprint density at radius 1 is 1.23 bits per heavy atom. The van der Waals surface area contributed by atoms with E-state index < -0.39 is 0 Å². The van der Waals surface area contributed by atoms with Crippen molar-refractivity contribution in [1.29, 1.82) is 0 Å². The Hall–Kier alpha value is -1.75. The van der Waals surface area contributed by atoms with E-state index in [4.69, 9.17) is 21.1 Å². The van der Waals surface area contributed by atoms with Crippen LogP contribution in [0.25, 0.3) is 0 Å². The van der Waals surface area contributed by atoms with E-state index in [1.54, 1.807) is 31.2 Å². The van der Waals surface area contributed by atoms with Gasteiger partial charge in [-0.1, -0.05) is 38.3 Å². The lowest BCUT2D eigenvalue weighted by Gasteiger charge is -2.39. The lowest BCUT2D eigenvalue weighted by Crippen LogP contribution is -2.49. The second kappa shape index (κ2) is 9.81. The van der Waals surface area contributed by atoms with Crippen LogP contribution in [0, 0.1) is 11.8 Å². The molecule has 5 nitrogen and oxygen atoms in total. The minimum absolute atomic E-state index is 0.0568. The first-order chi connectivity index (χ1) is 12.4. The van der Waals surface area contributed by atoms with Crippen molar-refractivity contribution in [1.82, 2.24) is 4.90 Å². The fourth-order valence-corrected chi connectivity index (χ4v) is 3.64. The van der Waals surface area contributed by atoms with Gasteiger partial charge >= 0.3 is 5.97 Å². The standard InChI is InChI=1S/C20H28ClNO4/c1-14-6-4-5-7-18(14)22(12-15(2)20(24)25-3)19(23)13-26-17-10-8-16(21)9-11-17/h8-11,14-15,18H,4-7,12-13H2,1-3H3. The van der Waals surface area contributed by atoms with Gasteiger partial charge in [-0.3, -0.25) is 9.59 Å². The second-order valence-corrected chi connectivity index (χ2v) is 7.48. The van der Waals surface area contributed by atoms with Gasteiger partial charge in [-0.2, -0.15) is 0 Å². The molecule has 0 spiro atoms. The number of rotatable bonds is 7. The third-order valence-electron chi connectivity index (χ3n) is 5.04. The molecule has 0 N–H and O–H groups in total. The summed E-state index contributed by atoms with van der Waals surface area (Å²) < 4.78 is 10.5. The van der Waals surface area contributed by atoms with E-state index in [1.165, 1.54) is 13.5 Å². The van der Waals surface area contributed by atoms with Crippen LogP contribution in [0.2, 0.25) is 5.02 Å². The molecule has 0 bridgehead atoms. The molecular formula is C20H28ClNO4. The molecule has 1 aliphatic rings. The number of amides is 1. The first-order valence-corrected chi connectivity index (χ1v) is 9.55. The van der Waals surface area contributed by atoms with E-state index in [0.717, 1.165) is 19.3 Å². The number of hydrogen-bond acceptors (Lipinski definition) is 4. The molecule has 1 aliphatic carbocycles. The van der Waals surface area contributed by atoms with E-state index in [0.29, 0.717) is 23.2 Å². The summed E-state index contributed by atoms with van der Waals surface area (Å²) in [4.78, 5) is 26.6. The Kier molecular flexibility index (Phi) is 7.76. The van der Waals surface area contributed by atoms with E-state index in [1.807, 2.05) is 4.90 Å². The molecule has 26 heavy (non-hydrogen) atoms. The first kappa shape index (κ1) is 20.6. The lowest BCUT2D eigenvalue weighted by molar-refractivity contribution is -0.148. The average Bonchev–Trinajstić information content (AvgIpc) is 2.65. The summed E-state index contributed by atoms with van der Waals surface area (Å²) in [5.41, 5.74) is 0. The van der Waals surface area contributed by atoms with E-state index in [9.17, 15) is 9.59 Å². The summed E-state index contributed by atoms with van der Waals surface area (Å²) in [6, 6.07) is 7.06. The van der Waals surface area contributed by atoms with Gasteiger partial charge in [-0.05, 0) is 43.0 Å². The highest BCUT2D eigenvalue weighted by Crippen LogP contribution is 2.29. The van der Waals surface area contributed by atoms with Crippen LogP contribution in [0.3, 0.4) is 0 Å². The molecule has 0 aromatic heterocycles. The molecule has 1 aromatic carbocycles. The molecule has 0 saturated heterocycles. The van der Waals surface area contributed by atoms with Crippen LogP contribution in [-0.2, 0) is 14.3 Å². The van der Waals surface area contributed by atoms with E-state index in [-0.39, 0.29) is 30.4 Å². The fraction of sp³-hybridized carbons (Fsp3) is 0.600. The zero-order chi connectivity index (χ0) is 19.1. The number of hydrogen-bond donors (Lipinski definition) is 0. The molecule has 1 aromatic rings. The van der Waals surface area contributed by atoms with Crippen LogP contribution in [-0.4, -0.2) is 43.1 Å². The van der Waals surface area contributed by atoms with Gasteiger partial charge in [0.25, 0.3) is 5.91 Å². The fourth-order valence-electron chi connectivity index (χ4n) is 3.51. The summed E-state index contributed by atoms with van der Waals surface area (Å²) in [6.45, 7) is 4.26. The Morgan fingerprint density at radius 3 is 2.50 bits per heavy atom. The number of methoxy groups -OCH3 is 1. The molecule has 6 heteroatoms. The normalized spacial score (nSPS) is 20.9. The van der Waals surface area contributed by atoms with Crippen LogP contribution in [0.5, 0.6) is 5.75 Å². The van der Waals surface area contributed by atoms with Gasteiger partial charge in [0, 0.05) is 17.6 Å². The maximum absolute atomic E-state index is 12.9. The van der Waals surface area contributed by atoms with Crippen molar-refractivity contribution in [2.75, 3.05) is 20.3 Å². The maximum atomic E-state index is 12.9. The highest BCUT2D eigenvalue weighted by molar-refractivity contribution is 6.30. The number of halogens is 1. The second-order valence-electron chi connectivity index (χ2n) is 7.04. The molecule has 0 aliphatic heterocycles. The highest BCUT2D eigenvalue weighted by atomic mass is 35.5. The molecule has 2 rings (SSSR count). The van der Waals surface area contributed by atoms with Crippen LogP contribution >= 0.6 is 11.6 Å². The van der Waals surface area contributed by atoms with Crippen LogP contribution in [0.4, 0.5) is 0 Å². The number of benzene rings is 1. The van der Waals surface area contributed by atoms with Gasteiger partial charge < -0.3 is 14.4 Å². The van der Waals surface area contributed by atoms with Crippen molar-refractivity contribution in [3.63, 3.8) is 0 Å². The van der Waals surface area contributed by atoms with Gasteiger partial charge in [0.2, 0.25) is 0 Å². The van der Waals surface area contributed by atoms with Gasteiger partial charge in [0.15, 0.2) is 6.61 Å². The Labute approximate surface area is 160 Å². The SMILES string of the molecule is COC(=O)C(C)CN(C(=O)COc1ccc(Cl)cc1)C1CCCCC1C. The van der Waals surface area contributed by atoms with Crippen molar-refractivity contribution in [2.24, 2.45) is 11.8 Å². The summed E-state index contributed by atoms with van der Waals surface area (Å²) in [5, 5.41) is 0.619. The number of carbonyl (C=O) groups excluding carboxylic acids is 2. The quantitative estimate of drug-likeness (QED) is 0.671. The van der Waals surface area contributed by atoms with E-state index >= 15 is 0 Å². The van der Waals surface area contributed by atoms with Crippen LogP contribution in [0.15, 0.2) is 24.3 Å². The third kappa shape index (κ3) is 5.63. The highest BCUT2D eigenvalue weighted by Gasteiger charge is 2.32. The lowest BCUT2D eigenvalue weighted by atomic mass is 9.84. The van der Waals surface area contributed by atoms with E-state index in [2.05, 4.69) is 6.92 Å². The Bertz CT molecular complexity index is 604. The largest absolute Gasteiger partial charge is 0.484 e. The van der Waals surface area contributed by atoms with Crippen LogP contribution in [0.1, 0.15) is 39.5 Å². The van der Waals surface area contributed by atoms with Crippen molar-refractivity contribution in [2.45, 2.75) is 45.6 Å². The smallest absolute Gasteiger partial charge is 0.310 e. The van der Waals surface area contributed by atoms with Crippen molar-refractivity contribution in [3.05, 3.63) is 29.3 Å². The van der Waals surface area contributed by atoms with Crippen molar-refractivity contribution in [3.8, 4) is 5.75 Å². The molecule has 1 fully saturated rings. The predicted octanol–water partition coefficient (Wildman–Crippen LogP) is 3.94. The first-order valence-electron chi connectivity index (χ1n) is 9.18. The average molecular weight is 382 g/mol. The third-order valence-corrected chi connectivity index (χ3v) is 5.29.